The van der Waals surface area contributed by atoms with Crippen molar-refractivity contribution in [3.63, 3.8) is 0 Å². The third kappa shape index (κ3) is 3.93. The molecule has 27 heavy (non-hydrogen) atoms. The molecule has 4 rings (SSSR count). The number of thiazole rings is 1. The predicted octanol–water partition coefficient (Wildman–Crippen LogP) is 3.53. The summed E-state index contributed by atoms with van der Waals surface area (Å²) in [5.74, 6) is 1.53. The average Bonchev–Trinajstić information content (AvgIpc) is 3.35. The molecule has 6 nitrogen and oxygen atoms in total. The Kier molecular flexibility index (Phi) is 5.02. The third-order valence-electron chi connectivity index (χ3n) is 4.31. The van der Waals surface area contributed by atoms with Gasteiger partial charge in [0.2, 0.25) is 12.7 Å². The summed E-state index contributed by atoms with van der Waals surface area (Å²) in [6.07, 6.45) is 2.02. The van der Waals surface area contributed by atoms with Crippen LogP contribution in [0.15, 0.2) is 48.0 Å². The molecule has 3 aromatic rings. The van der Waals surface area contributed by atoms with Crippen molar-refractivity contribution in [3.05, 3.63) is 59.2 Å². The Morgan fingerprint density at radius 2 is 2.11 bits per heavy atom. The Morgan fingerprint density at radius 3 is 2.93 bits per heavy atom. The first-order chi connectivity index (χ1) is 13.2. The van der Waals surface area contributed by atoms with Crippen LogP contribution in [0.4, 0.5) is 0 Å². The highest BCUT2D eigenvalue weighted by Gasteiger charge is 2.18. The van der Waals surface area contributed by atoms with Crippen molar-refractivity contribution in [2.24, 2.45) is 0 Å². The number of fused-ring (bicyclic) bond motifs is 1. The zero-order valence-corrected chi connectivity index (χ0v) is 15.7. The number of carbonyl (C=O) groups excluding carboxylic acids is 1. The molecule has 7 heteroatoms. The van der Waals surface area contributed by atoms with Gasteiger partial charge in [0.25, 0.3) is 0 Å². The number of ether oxygens (including phenoxy) is 2. The van der Waals surface area contributed by atoms with E-state index in [2.05, 4.69) is 9.97 Å². The van der Waals surface area contributed by atoms with Crippen LogP contribution in [0.25, 0.3) is 10.7 Å². The lowest BCUT2D eigenvalue weighted by Crippen LogP contribution is -2.31. The maximum atomic E-state index is 12.7. The fraction of sp³-hybridized carbons (Fsp3) is 0.250. The lowest BCUT2D eigenvalue weighted by Gasteiger charge is -2.20. The van der Waals surface area contributed by atoms with Crippen LogP contribution in [-0.4, -0.2) is 34.1 Å². The normalized spacial score (nSPS) is 12.2. The van der Waals surface area contributed by atoms with Gasteiger partial charge in [-0.2, -0.15) is 0 Å². The van der Waals surface area contributed by atoms with Crippen molar-refractivity contribution in [3.8, 4) is 22.2 Å². The Morgan fingerprint density at radius 1 is 1.22 bits per heavy atom. The van der Waals surface area contributed by atoms with Crippen LogP contribution in [0.3, 0.4) is 0 Å². The van der Waals surface area contributed by atoms with Crippen LogP contribution in [0.1, 0.15) is 18.2 Å². The molecule has 0 saturated carbocycles. The van der Waals surface area contributed by atoms with E-state index in [9.17, 15) is 4.79 Å². The van der Waals surface area contributed by atoms with E-state index in [1.807, 2.05) is 53.6 Å². The van der Waals surface area contributed by atoms with Gasteiger partial charge in [0, 0.05) is 24.7 Å². The van der Waals surface area contributed by atoms with Crippen molar-refractivity contribution in [1.29, 1.82) is 0 Å². The Bertz CT molecular complexity index is 943. The van der Waals surface area contributed by atoms with E-state index in [1.165, 1.54) is 11.3 Å². The number of benzene rings is 1. The minimum atomic E-state index is 0.0491. The highest BCUT2D eigenvalue weighted by atomic mass is 32.1. The van der Waals surface area contributed by atoms with Gasteiger partial charge in [0.05, 0.1) is 17.8 Å². The molecule has 2 aromatic heterocycles. The number of hydrogen-bond acceptors (Lipinski definition) is 6. The quantitative estimate of drug-likeness (QED) is 0.654. The summed E-state index contributed by atoms with van der Waals surface area (Å²) in [4.78, 5) is 23.4. The Balaban J connectivity index is 1.43. The highest BCUT2D eigenvalue weighted by molar-refractivity contribution is 7.13. The van der Waals surface area contributed by atoms with E-state index in [4.69, 9.17) is 9.47 Å². The van der Waals surface area contributed by atoms with Crippen LogP contribution < -0.4 is 9.47 Å². The summed E-state index contributed by atoms with van der Waals surface area (Å²) in [7, 11) is 0. The molecule has 0 aliphatic carbocycles. The first-order valence-corrected chi connectivity index (χ1v) is 9.63. The Hall–Kier alpha value is -2.93. The molecular weight excluding hydrogens is 362 g/mol. The van der Waals surface area contributed by atoms with E-state index in [-0.39, 0.29) is 19.1 Å². The second-order valence-corrected chi connectivity index (χ2v) is 6.99. The largest absolute Gasteiger partial charge is 0.454 e. The lowest BCUT2D eigenvalue weighted by atomic mass is 10.1. The molecule has 1 aliphatic rings. The number of nitrogens with zero attached hydrogens (tertiary/aromatic N) is 3. The van der Waals surface area contributed by atoms with Crippen LogP contribution in [-0.2, 0) is 17.8 Å². The van der Waals surface area contributed by atoms with E-state index < -0.39 is 0 Å². The van der Waals surface area contributed by atoms with Gasteiger partial charge in [-0.25, -0.2) is 4.98 Å². The molecule has 0 atom stereocenters. The number of aromatic nitrogens is 2. The molecule has 3 heterocycles. The number of hydrogen-bond donors (Lipinski definition) is 0. The minimum Gasteiger partial charge on any atom is -0.454 e. The molecule has 138 valence electrons. The van der Waals surface area contributed by atoms with Crippen LogP contribution in [0.2, 0.25) is 0 Å². The second-order valence-electron chi connectivity index (χ2n) is 6.13. The van der Waals surface area contributed by atoms with Gasteiger partial charge in [-0.05, 0) is 36.8 Å². The highest BCUT2D eigenvalue weighted by Crippen LogP contribution is 2.32. The summed E-state index contributed by atoms with van der Waals surface area (Å²) in [6.45, 7) is 3.39. The maximum absolute atomic E-state index is 12.7. The molecule has 0 bridgehead atoms. The number of rotatable bonds is 6. The molecule has 1 aromatic carbocycles. The molecule has 0 unspecified atom stereocenters. The van der Waals surface area contributed by atoms with Crippen molar-refractivity contribution in [2.75, 3.05) is 13.3 Å². The summed E-state index contributed by atoms with van der Waals surface area (Å²) in [6, 6.07) is 11.5. The monoisotopic (exact) mass is 381 g/mol. The van der Waals surface area contributed by atoms with E-state index in [0.717, 1.165) is 33.5 Å². The fourth-order valence-corrected chi connectivity index (χ4v) is 3.69. The van der Waals surface area contributed by atoms with Crippen molar-refractivity contribution < 1.29 is 14.3 Å². The zero-order valence-electron chi connectivity index (χ0n) is 14.9. The smallest absolute Gasteiger partial charge is 0.231 e. The zero-order chi connectivity index (χ0) is 18.6. The second kappa shape index (κ2) is 7.75. The number of pyridine rings is 1. The number of likely N-dealkylation sites (N-methyl/N-ethyl adjacent to an activating group) is 1. The van der Waals surface area contributed by atoms with Gasteiger partial charge in [0.1, 0.15) is 5.01 Å². The number of amides is 1. The summed E-state index contributed by atoms with van der Waals surface area (Å²) < 4.78 is 10.8. The van der Waals surface area contributed by atoms with E-state index >= 15 is 0 Å². The van der Waals surface area contributed by atoms with Gasteiger partial charge in [-0.3, -0.25) is 9.78 Å². The fourth-order valence-electron chi connectivity index (χ4n) is 2.90. The van der Waals surface area contributed by atoms with Gasteiger partial charge in [0.15, 0.2) is 11.5 Å². The van der Waals surface area contributed by atoms with Crippen LogP contribution >= 0.6 is 11.3 Å². The lowest BCUT2D eigenvalue weighted by molar-refractivity contribution is -0.130. The molecule has 0 radical (unpaired) electrons. The topological polar surface area (TPSA) is 64.6 Å². The molecular formula is C20H19N3O3S. The molecule has 0 saturated heterocycles. The molecule has 0 N–H and O–H groups in total. The van der Waals surface area contributed by atoms with Crippen molar-refractivity contribution in [2.45, 2.75) is 19.9 Å². The third-order valence-corrected chi connectivity index (χ3v) is 5.23. The Labute approximate surface area is 161 Å². The first-order valence-electron chi connectivity index (χ1n) is 8.75. The maximum Gasteiger partial charge on any atom is 0.231 e. The standard InChI is InChI=1S/C20H19N3O3S/c1-2-23(11-14-6-7-17-18(9-14)26-13-25-17)19(24)10-15-12-27-20(22-15)16-5-3-4-8-21-16/h3-9,12H,2,10-11,13H2,1H3. The SMILES string of the molecule is CCN(Cc1ccc2c(c1)OCO2)C(=O)Cc1csc(-c2ccccn2)n1. The van der Waals surface area contributed by atoms with Crippen LogP contribution in [0, 0.1) is 0 Å². The van der Waals surface area contributed by atoms with E-state index in [0.29, 0.717) is 13.1 Å². The summed E-state index contributed by atoms with van der Waals surface area (Å²) in [5.41, 5.74) is 2.62. The van der Waals surface area contributed by atoms with Crippen molar-refractivity contribution >= 4 is 17.2 Å². The summed E-state index contributed by atoms with van der Waals surface area (Å²) >= 11 is 1.51. The number of carbonyl (C=O) groups is 1. The van der Waals surface area contributed by atoms with E-state index in [1.54, 1.807) is 6.20 Å². The summed E-state index contributed by atoms with van der Waals surface area (Å²) in [5, 5.41) is 2.76. The molecule has 0 fully saturated rings. The van der Waals surface area contributed by atoms with Crippen LogP contribution in [0.5, 0.6) is 11.5 Å². The molecule has 1 amide bonds. The predicted molar refractivity (Wildman–Crippen MR) is 103 cm³/mol. The molecule has 0 spiro atoms. The molecule has 1 aliphatic heterocycles. The van der Waals surface area contributed by atoms with Crippen molar-refractivity contribution in [1.82, 2.24) is 14.9 Å². The van der Waals surface area contributed by atoms with Gasteiger partial charge >= 0.3 is 0 Å². The van der Waals surface area contributed by atoms with Gasteiger partial charge in [-0.1, -0.05) is 12.1 Å². The van der Waals surface area contributed by atoms with Gasteiger partial charge in [-0.15, -0.1) is 11.3 Å². The minimum absolute atomic E-state index is 0.0491. The first kappa shape index (κ1) is 17.5. The van der Waals surface area contributed by atoms with Gasteiger partial charge < -0.3 is 14.4 Å². The average molecular weight is 381 g/mol.